The SMILES string of the molecule is COc1ccc([C@H]2c3c(OC)cc(OC)cc3[C@H]3c4c(cc(OC)c5c4[C@H]2[C@@H](c2ccc(OC)cc2)[C@@H]5c2cc(OC)cc4c2[C@H](c2cc(OC)cc(OC)c2)[C@H](c2ccc(OC)cc2)O4)O[C@@H]3c2ccc(OC)cc2)cc1. The molecule has 2 aliphatic carbocycles. The molecule has 0 radical (unpaired) electrons. The Morgan fingerprint density at radius 1 is 0.256 bits per heavy atom. The van der Waals surface area contributed by atoms with Crippen LogP contribution in [-0.4, -0.2) is 71.1 Å². The van der Waals surface area contributed by atoms with Gasteiger partial charge in [-0.3, -0.25) is 0 Å². The third-order valence-corrected chi connectivity index (χ3v) is 16.6. The second-order valence-corrected chi connectivity index (χ2v) is 20.1. The van der Waals surface area contributed by atoms with E-state index in [1.54, 1.807) is 71.1 Å². The molecule has 0 fully saturated rings. The third-order valence-electron chi connectivity index (χ3n) is 16.6. The fourth-order valence-corrected chi connectivity index (χ4v) is 13.2. The summed E-state index contributed by atoms with van der Waals surface area (Å²) in [7, 11) is 17.0. The van der Waals surface area contributed by atoms with Crippen molar-refractivity contribution in [3.63, 3.8) is 0 Å². The standard InChI is InChI=1S/C66H62O12/c1-67-40-19-11-35(12-20-40)54-57-49(31-46(73-7)32-50(57)75-9)60-62-53(78-66(60)38-17-25-43(70-4)26-18-38)34-51(76-10)61-59(55(63(54)64(61)62)36-13-21-41(68-2)22-14-36)48-30-47(74-8)33-52-58(48)56(39-27-44(71-5)29-45(28-39)72-6)65(77-52)37-15-23-42(69-3)24-16-37/h11-34,54-56,59-60,63,65-66H,1-10H3/t54-,55-,56-,59-,60-,63+,65-,66+/m0/s1. The lowest BCUT2D eigenvalue weighted by atomic mass is 9.68. The first-order chi connectivity index (χ1) is 38.2. The molecule has 0 unspecified atom stereocenters. The van der Waals surface area contributed by atoms with Crippen molar-refractivity contribution in [2.24, 2.45) is 0 Å². The van der Waals surface area contributed by atoms with Crippen LogP contribution in [-0.2, 0) is 0 Å². The normalized spacial score (nSPS) is 20.9. The average molecular weight is 1050 g/mol. The Morgan fingerprint density at radius 3 is 1.15 bits per heavy atom. The van der Waals surface area contributed by atoms with Gasteiger partial charge in [0, 0.05) is 70.2 Å². The Labute approximate surface area is 455 Å². The zero-order valence-corrected chi connectivity index (χ0v) is 45.4. The summed E-state index contributed by atoms with van der Waals surface area (Å²) in [6.45, 7) is 0. The summed E-state index contributed by atoms with van der Waals surface area (Å²) >= 11 is 0. The lowest BCUT2D eigenvalue weighted by molar-refractivity contribution is 0.221. The highest BCUT2D eigenvalue weighted by Gasteiger charge is 2.58. The van der Waals surface area contributed by atoms with Crippen LogP contribution < -0.4 is 56.8 Å². The summed E-state index contributed by atoms with van der Waals surface area (Å²) in [5, 5.41) is 0. The fraction of sp³-hybridized carbons (Fsp3) is 0.273. The smallest absolute Gasteiger partial charge is 0.135 e. The van der Waals surface area contributed by atoms with E-state index in [2.05, 4.69) is 103 Å². The van der Waals surface area contributed by atoms with Gasteiger partial charge in [0.25, 0.3) is 0 Å². The Bertz CT molecular complexity index is 3500. The van der Waals surface area contributed by atoms with Crippen molar-refractivity contribution in [2.75, 3.05) is 71.1 Å². The highest BCUT2D eigenvalue weighted by molar-refractivity contribution is 5.74. The average Bonchev–Trinajstić information content (AvgIpc) is 3.93. The monoisotopic (exact) mass is 1050 g/mol. The molecule has 78 heavy (non-hydrogen) atoms. The number of benzene rings is 8. The van der Waals surface area contributed by atoms with Gasteiger partial charge in [-0.25, -0.2) is 0 Å². The minimum Gasteiger partial charge on any atom is -0.497 e. The third kappa shape index (κ3) is 8.10. The zero-order chi connectivity index (χ0) is 53.9. The Hall–Kier alpha value is -8.64. The maximum atomic E-state index is 7.41. The van der Waals surface area contributed by atoms with Gasteiger partial charge in [0.2, 0.25) is 0 Å². The van der Waals surface area contributed by atoms with Crippen LogP contribution in [0.5, 0.6) is 69.0 Å². The van der Waals surface area contributed by atoms with Crippen molar-refractivity contribution in [1.82, 2.24) is 0 Å². The lowest BCUT2D eigenvalue weighted by Crippen LogP contribution is -2.21. The molecule has 8 aromatic rings. The Balaban J connectivity index is 1.22. The van der Waals surface area contributed by atoms with E-state index in [1.807, 2.05) is 42.5 Å². The lowest BCUT2D eigenvalue weighted by Gasteiger charge is -2.35. The summed E-state index contributed by atoms with van der Waals surface area (Å²) < 4.78 is 75.7. The maximum absolute atomic E-state index is 7.41. The van der Waals surface area contributed by atoms with Crippen LogP contribution in [0.2, 0.25) is 0 Å². The summed E-state index contributed by atoms with van der Waals surface area (Å²) in [4.78, 5) is 0. The molecule has 0 amide bonds. The largest absolute Gasteiger partial charge is 0.497 e. The highest BCUT2D eigenvalue weighted by Crippen LogP contribution is 2.72. The van der Waals surface area contributed by atoms with Crippen molar-refractivity contribution in [1.29, 1.82) is 0 Å². The molecule has 2 heterocycles. The van der Waals surface area contributed by atoms with E-state index in [9.17, 15) is 0 Å². The van der Waals surface area contributed by atoms with E-state index in [1.165, 1.54) is 0 Å². The van der Waals surface area contributed by atoms with Gasteiger partial charge in [0.15, 0.2) is 0 Å². The number of hydrogen-bond donors (Lipinski definition) is 0. The van der Waals surface area contributed by atoms with Gasteiger partial charge in [0.1, 0.15) is 81.2 Å². The molecule has 12 heteroatoms. The van der Waals surface area contributed by atoms with Crippen molar-refractivity contribution in [3.8, 4) is 69.0 Å². The van der Waals surface area contributed by atoms with Crippen LogP contribution in [0.1, 0.15) is 114 Å². The van der Waals surface area contributed by atoms with Gasteiger partial charge in [-0.2, -0.15) is 0 Å². The second-order valence-electron chi connectivity index (χ2n) is 20.1. The van der Waals surface area contributed by atoms with Crippen LogP contribution in [0, 0.1) is 0 Å². The van der Waals surface area contributed by atoms with Gasteiger partial charge in [-0.05, 0) is 117 Å². The number of ether oxygens (including phenoxy) is 12. The maximum Gasteiger partial charge on any atom is 0.135 e. The molecule has 12 nitrogen and oxygen atoms in total. The zero-order valence-electron chi connectivity index (χ0n) is 45.4. The van der Waals surface area contributed by atoms with Gasteiger partial charge < -0.3 is 56.8 Å². The molecular weight excluding hydrogens is 985 g/mol. The molecule has 0 saturated heterocycles. The molecule has 4 aliphatic rings. The van der Waals surface area contributed by atoms with Crippen molar-refractivity contribution in [3.05, 3.63) is 212 Å². The van der Waals surface area contributed by atoms with E-state index in [4.69, 9.17) is 56.8 Å². The summed E-state index contributed by atoms with van der Waals surface area (Å²) in [5.74, 6) is 6.45. The van der Waals surface area contributed by atoms with E-state index in [-0.39, 0.29) is 29.6 Å². The van der Waals surface area contributed by atoms with Gasteiger partial charge >= 0.3 is 0 Å². The minimum atomic E-state index is -0.494. The first kappa shape index (κ1) is 50.2. The van der Waals surface area contributed by atoms with E-state index in [0.29, 0.717) is 40.2 Å². The highest BCUT2D eigenvalue weighted by atomic mass is 16.5. The predicted octanol–water partition coefficient (Wildman–Crippen LogP) is 13.5. The number of fused-ring (bicyclic) bond motifs is 3. The van der Waals surface area contributed by atoms with Gasteiger partial charge in [-0.1, -0.05) is 48.5 Å². The van der Waals surface area contributed by atoms with Crippen LogP contribution in [0.25, 0.3) is 0 Å². The molecule has 8 aromatic carbocycles. The first-order valence-electron chi connectivity index (χ1n) is 26.0. The van der Waals surface area contributed by atoms with Crippen molar-refractivity contribution in [2.45, 2.75) is 47.7 Å². The number of hydrogen-bond acceptors (Lipinski definition) is 12. The molecule has 398 valence electrons. The molecule has 0 spiro atoms. The molecular formula is C66H62O12. The van der Waals surface area contributed by atoms with Crippen LogP contribution in [0.3, 0.4) is 0 Å². The topological polar surface area (TPSA) is 111 Å². The molecule has 0 N–H and O–H groups in total. The molecule has 12 rings (SSSR count). The van der Waals surface area contributed by atoms with Crippen LogP contribution >= 0.6 is 0 Å². The Kier molecular flexibility index (Phi) is 13.1. The molecule has 0 aromatic heterocycles. The minimum absolute atomic E-state index is 0.295. The molecule has 0 saturated carbocycles. The quantitative estimate of drug-likeness (QED) is 0.0919. The molecule has 8 atom stereocenters. The van der Waals surface area contributed by atoms with Crippen LogP contribution in [0.4, 0.5) is 0 Å². The predicted molar refractivity (Wildman–Crippen MR) is 297 cm³/mol. The summed E-state index contributed by atoms with van der Waals surface area (Å²) in [5.41, 5.74) is 12.5. The van der Waals surface area contributed by atoms with E-state index >= 15 is 0 Å². The van der Waals surface area contributed by atoms with Crippen LogP contribution in [0.15, 0.2) is 146 Å². The van der Waals surface area contributed by atoms with E-state index in [0.717, 1.165) is 95.5 Å². The van der Waals surface area contributed by atoms with E-state index < -0.39 is 18.1 Å². The summed E-state index contributed by atoms with van der Waals surface area (Å²) in [6, 6.07) is 50.0. The molecule has 0 bridgehead atoms. The van der Waals surface area contributed by atoms with Crippen molar-refractivity contribution >= 4 is 0 Å². The van der Waals surface area contributed by atoms with Gasteiger partial charge in [-0.15, -0.1) is 0 Å². The molecule has 2 aliphatic heterocycles. The second kappa shape index (κ2) is 20.4. The fourth-order valence-electron chi connectivity index (χ4n) is 13.2. The van der Waals surface area contributed by atoms with Gasteiger partial charge in [0.05, 0.1) is 82.9 Å². The Morgan fingerprint density at radius 2 is 0.667 bits per heavy atom. The first-order valence-corrected chi connectivity index (χ1v) is 26.0. The van der Waals surface area contributed by atoms with Crippen molar-refractivity contribution < 1.29 is 56.8 Å². The number of rotatable bonds is 16. The number of methoxy groups -OCH3 is 10. The summed E-state index contributed by atoms with van der Waals surface area (Å²) in [6.07, 6.45) is -0.967.